The Labute approximate surface area is 143 Å². The first kappa shape index (κ1) is 16.0. The van der Waals surface area contributed by atoms with E-state index in [-0.39, 0.29) is 11.8 Å². The minimum absolute atomic E-state index is 0.0807. The Kier molecular flexibility index (Phi) is 4.33. The molecule has 2 aromatic carbocycles. The molecule has 0 bridgehead atoms. The number of fused-ring (bicyclic) bond motifs is 1. The van der Waals surface area contributed by atoms with E-state index in [1.54, 1.807) is 12.1 Å². The van der Waals surface area contributed by atoms with Gasteiger partial charge in [0.15, 0.2) is 11.6 Å². The fourth-order valence-corrected chi connectivity index (χ4v) is 2.90. The molecule has 1 aromatic heterocycles. The van der Waals surface area contributed by atoms with Crippen LogP contribution in [-0.4, -0.2) is 42.2 Å². The van der Waals surface area contributed by atoms with Gasteiger partial charge in [-0.2, -0.15) is 0 Å². The van der Waals surface area contributed by atoms with Gasteiger partial charge in [0.05, 0.1) is 17.5 Å². The van der Waals surface area contributed by atoms with Crippen molar-refractivity contribution in [3.05, 3.63) is 54.1 Å². The molecule has 0 amide bonds. The van der Waals surface area contributed by atoms with E-state index in [1.807, 2.05) is 12.1 Å². The minimum Gasteiger partial charge on any atom is -0.473 e. The van der Waals surface area contributed by atoms with Gasteiger partial charge in [0.2, 0.25) is 5.88 Å². The third-order valence-corrected chi connectivity index (χ3v) is 4.11. The van der Waals surface area contributed by atoms with Crippen molar-refractivity contribution in [2.45, 2.75) is 6.10 Å². The van der Waals surface area contributed by atoms with E-state index < -0.39 is 11.6 Å². The number of nitrogens with zero attached hydrogens (tertiary/aromatic N) is 2. The summed E-state index contributed by atoms with van der Waals surface area (Å²) in [6, 6.07) is 10.9. The lowest BCUT2D eigenvalue weighted by Gasteiger charge is -2.23. The summed E-state index contributed by atoms with van der Waals surface area (Å²) in [5.74, 6) is -1.04. The zero-order chi connectivity index (χ0) is 17.2. The fourth-order valence-electron chi connectivity index (χ4n) is 2.90. The van der Waals surface area contributed by atoms with Crippen molar-refractivity contribution in [2.75, 3.05) is 26.3 Å². The van der Waals surface area contributed by atoms with Gasteiger partial charge in [0.25, 0.3) is 0 Å². The molecule has 0 spiro atoms. The summed E-state index contributed by atoms with van der Waals surface area (Å²) in [5, 5.41) is 8.22. The standard InChI is InChI=1S/C18H17F2N3O2/c19-14-5-3-6-15(20)17(14)23-16-7-2-1-4-13(16)18(22-23)25-11-12-10-21-8-9-24-12/h1-7,12,21H,8-11H2. The second-order valence-electron chi connectivity index (χ2n) is 5.81. The predicted octanol–water partition coefficient (Wildman–Crippen LogP) is 2.67. The molecule has 1 atom stereocenters. The molecule has 7 heteroatoms. The topological polar surface area (TPSA) is 48.3 Å². The van der Waals surface area contributed by atoms with E-state index in [0.29, 0.717) is 36.5 Å². The summed E-state index contributed by atoms with van der Waals surface area (Å²) in [4.78, 5) is 0. The summed E-state index contributed by atoms with van der Waals surface area (Å²) in [5.41, 5.74) is 0.355. The number of aromatic nitrogens is 2. The number of benzene rings is 2. The Morgan fingerprint density at radius 3 is 2.72 bits per heavy atom. The maximum Gasteiger partial charge on any atom is 0.241 e. The quantitative estimate of drug-likeness (QED) is 0.790. The number of hydrogen-bond donors (Lipinski definition) is 1. The summed E-state index contributed by atoms with van der Waals surface area (Å²) >= 11 is 0. The molecule has 1 unspecified atom stereocenters. The molecular weight excluding hydrogens is 328 g/mol. The number of hydrogen-bond acceptors (Lipinski definition) is 4. The number of halogens is 2. The Bertz CT molecular complexity index is 871. The smallest absolute Gasteiger partial charge is 0.241 e. The first-order chi connectivity index (χ1) is 12.2. The lowest BCUT2D eigenvalue weighted by atomic mass is 10.2. The van der Waals surface area contributed by atoms with Gasteiger partial charge < -0.3 is 14.8 Å². The number of ether oxygens (including phenoxy) is 2. The van der Waals surface area contributed by atoms with Crippen LogP contribution in [0, 0.1) is 11.6 Å². The molecule has 0 aliphatic carbocycles. The lowest BCUT2D eigenvalue weighted by Crippen LogP contribution is -2.41. The van der Waals surface area contributed by atoms with Crippen LogP contribution in [0.15, 0.2) is 42.5 Å². The summed E-state index contributed by atoms with van der Waals surface area (Å²) in [7, 11) is 0. The van der Waals surface area contributed by atoms with Gasteiger partial charge in [0, 0.05) is 13.1 Å². The van der Waals surface area contributed by atoms with Gasteiger partial charge in [-0.05, 0) is 24.3 Å². The van der Waals surface area contributed by atoms with E-state index in [2.05, 4.69) is 10.4 Å². The van der Waals surface area contributed by atoms with Crippen LogP contribution in [0.25, 0.3) is 16.6 Å². The van der Waals surface area contributed by atoms with Crippen LogP contribution in [0.2, 0.25) is 0 Å². The first-order valence-electron chi connectivity index (χ1n) is 8.11. The molecule has 130 valence electrons. The maximum absolute atomic E-state index is 14.2. The molecule has 2 heterocycles. The van der Waals surface area contributed by atoms with Crippen molar-refractivity contribution in [3.63, 3.8) is 0 Å². The Balaban J connectivity index is 1.71. The van der Waals surface area contributed by atoms with E-state index in [0.717, 1.165) is 6.54 Å². The largest absolute Gasteiger partial charge is 0.473 e. The molecule has 0 radical (unpaired) electrons. The van der Waals surface area contributed by atoms with E-state index in [9.17, 15) is 8.78 Å². The Hall–Kier alpha value is -2.51. The highest BCUT2D eigenvalue weighted by molar-refractivity contribution is 5.86. The van der Waals surface area contributed by atoms with E-state index in [1.165, 1.54) is 22.9 Å². The zero-order valence-electron chi connectivity index (χ0n) is 13.4. The highest BCUT2D eigenvalue weighted by Crippen LogP contribution is 2.29. The lowest BCUT2D eigenvalue weighted by molar-refractivity contribution is -0.000510. The van der Waals surface area contributed by atoms with Gasteiger partial charge in [-0.25, -0.2) is 13.5 Å². The Morgan fingerprint density at radius 2 is 1.96 bits per heavy atom. The van der Waals surface area contributed by atoms with Crippen molar-refractivity contribution < 1.29 is 18.3 Å². The Morgan fingerprint density at radius 1 is 1.16 bits per heavy atom. The number of morpholine rings is 1. The molecule has 5 nitrogen and oxygen atoms in total. The normalized spacial score (nSPS) is 17.8. The fraction of sp³-hybridized carbons (Fsp3) is 0.278. The van der Waals surface area contributed by atoms with Crippen LogP contribution in [0.4, 0.5) is 8.78 Å². The van der Waals surface area contributed by atoms with Crippen molar-refractivity contribution in [2.24, 2.45) is 0 Å². The maximum atomic E-state index is 14.2. The third-order valence-electron chi connectivity index (χ3n) is 4.11. The van der Waals surface area contributed by atoms with Gasteiger partial charge in [-0.3, -0.25) is 0 Å². The first-order valence-corrected chi connectivity index (χ1v) is 8.11. The van der Waals surface area contributed by atoms with Gasteiger partial charge >= 0.3 is 0 Å². The second kappa shape index (κ2) is 6.78. The van der Waals surface area contributed by atoms with E-state index in [4.69, 9.17) is 9.47 Å². The van der Waals surface area contributed by atoms with Crippen LogP contribution in [0.3, 0.4) is 0 Å². The van der Waals surface area contributed by atoms with Crippen molar-refractivity contribution in [1.29, 1.82) is 0 Å². The van der Waals surface area contributed by atoms with Crippen LogP contribution >= 0.6 is 0 Å². The van der Waals surface area contributed by atoms with Gasteiger partial charge in [0.1, 0.15) is 18.4 Å². The second-order valence-corrected chi connectivity index (χ2v) is 5.81. The molecular formula is C18H17F2N3O2. The minimum atomic E-state index is -0.681. The predicted molar refractivity (Wildman–Crippen MR) is 89.1 cm³/mol. The molecule has 1 aliphatic heterocycles. The molecule has 3 aromatic rings. The van der Waals surface area contributed by atoms with Crippen molar-refractivity contribution in [3.8, 4) is 11.6 Å². The number of rotatable bonds is 4. The molecule has 1 N–H and O–H groups in total. The van der Waals surface area contributed by atoms with Crippen LogP contribution < -0.4 is 10.1 Å². The van der Waals surface area contributed by atoms with Crippen LogP contribution in [0.1, 0.15) is 0 Å². The molecule has 25 heavy (non-hydrogen) atoms. The molecule has 1 saturated heterocycles. The SMILES string of the molecule is Fc1cccc(F)c1-n1nc(OCC2CNCCO2)c2ccccc21. The van der Waals surface area contributed by atoms with E-state index >= 15 is 0 Å². The summed E-state index contributed by atoms with van der Waals surface area (Å²) in [6.45, 7) is 2.46. The zero-order valence-corrected chi connectivity index (χ0v) is 13.4. The molecule has 1 fully saturated rings. The van der Waals surface area contributed by atoms with Gasteiger partial charge in [-0.1, -0.05) is 18.2 Å². The van der Waals surface area contributed by atoms with Crippen LogP contribution in [-0.2, 0) is 4.74 Å². The van der Waals surface area contributed by atoms with Gasteiger partial charge in [-0.15, -0.1) is 5.10 Å². The monoisotopic (exact) mass is 345 g/mol. The average Bonchev–Trinajstić information content (AvgIpc) is 3.00. The third kappa shape index (κ3) is 3.08. The average molecular weight is 345 g/mol. The highest BCUT2D eigenvalue weighted by atomic mass is 19.1. The summed E-state index contributed by atoms with van der Waals surface area (Å²) < 4.78 is 41.0. The number of nitrogens with one attached hydrogen (secondary N) is 1. The highest BCUT2D eigenvalue weighted by Gasteiger charge is 2.20. The van der Waals surface area contributed by atoms with Crippen LogP contribution in [0.5, 0.6) is 5.88 Å². The molecule has 4 rings (SSSR count). The van der Waals surface area contributed by atoms with Crippen molar-refractivity contribution >= 4 is 10.9 Å². The number of para-hydroxylation sites is 2. The van der Waals surface area contributed by atoms with Crippen molar-refractivity contribution in [1.82, 2.24) is 15.1 Å². The molecule has 0 saturated carbocycles. The summed E-state index contributed by atoms with van der Waals surface area (Å²) in [6.07, 6.45) is -0.0807. The molecule has 1 aliphatic rings.